The van der Waals surface area contributed by atoms with Crippen molar-refractivity contribution in [3.8, 4) is 0 Å². The molecule has 0 heterocycles. The van der Waals surface area contributed by atoms with Crippen molar-refractivity contribution in [3.63, 3.8) is 0 Å². The Morgan fingerprint density at radius 1 is 1.06 bits per heavy atom. The molecular weight excluding hydrogens is 509 g/mol. The summed E-state index contributed by atoms with van der Waals surface area (Å²) in [4.78, 5) is 0.793. The number of aliphatic hydroxyl groups excluding tert-OH is 1. The van der Waals surface area contributed by atoms with E-state index >= 15 is 0 Å². The van der Waals surface area contributed by atoms with Gasteiger partial charge < -0.3 is 10.0 Å². The van der Waals surface area contributed by atoms with Crippen LogP contribution in [0.4, 0.5) is 45.2 Å². The van der Waals surface area contributed by atoms with Crippen molar-refractivity contribution >= 4 is 21.6 Å². The standard InChI is InChI=1S/C19H17BrF9NO/c1-10-2-3-12(17(21,22)23)6-11(10)8-30(9-16(31)19(27,28)29)13-4-5-15(20)14(7-13)18(24,25)26/h3-7,10,16,31H,2,8-9H2,1H3. The molecule has 174 valence electrons. The highest BCUT2D eigenvalue weighted by Crippen LogP contribution is 2.39. The van der Waals surface area contributed by atoms with Crippen molar-refractivity contribution in [1.82, 2.24) is 0 Å². The van der Waals surface area contributed by atoms with Crippen molar-refractivity contribution in [1.29, 1.82) is 0 Å². The number of rotatable bonds is 5. The smallest absolute Gasteiger partial charge is 0.382 e. The highest BCUT2D eigenvalue weighted by Gasteiger charge is 2.40. The summed E-state index contributed by atoms with van der Waals surface area (Å²) in [6.45, 7) is -0.130. The van der Waals surface area contributed by atoms with Gasteiger partial charge in [-0.1, -0.05) is 28.9 Å². The highest BCUT2D eigenvalue weighted by molar-refractivity contribution is 9.10. The van der Waals surface area contributed by atoms with Gasteiger partial charge in [-0.25, -0.2) is 0 Å². The highest BCUT2D eigenvalue weighted by atomic mass is 79.9. The Bertz CT molecular complexity index is 855. The Labute approximate surface area is 180 Å². The van der Waals surface area contributed by atoms with E-state index in [4.69, 9.17) is 0 Å². The molecule has 31 heavy (non-hydrogen) atoms. The van der Waals surface area contributed by atoms with Gasteiger partial charge in [-0.2, -0.15) is 39.5 Å². The maximum atomic E-state index is 13.2. The van der Waals surface area contributed by atoms with Gasteiger partial charge in [0.1, 0.15) is 0 Å². The fourth-order valence-corrected chi connectivity index (χ4v) is 3.45. The summed E-state index contributed by atoms with van der Waals surface area (Å²) in [5.74, 6) is -0.492. The van der Waals surface area contributed by atoms with Gasteiger partial charge in [-0.15, -0.1) is 0 Å². The van der Waals surface area contributed by atoms with E-state index in [2.05, 4.69) is 15.9 Å². The summed E-state index contributed by atoms with van der Waals surface area (Å²) in [6.07, 6.45) is -15.8. The SMILES string of the molecule is CC1CC=C(C(F)(F)F)C=C1CN(CC(O)C(F)(F)F)c1ccc(Br)c(C(F)(F)F)c1. The number of halogens is 10. The largest absolute Gasteiger partial charge is 0.417 e. The first kappa shape index (κ1) is 25.6. The van der Waals surface area contributed by atoms with E-state index in [1.165, 1.54) is 0 Å². The molecule has 0 aliphatic heterocycles. The molecule has 0 saturated carbocycles. The van der Waals surface area contributed by atoms with E-state index < -0.39 is 54.8 Å². The molecule has 2 unspecified atom stereocenters. The van der Waals surface area contributed by atoms with Crippen molar-refractivity contribution in [2.24, 2.45) is 5.92 Å². The molecule has 1 N–H and O–H groups in total. The van der Waals surface area contributed by atoms with Gasteiger partial charge in [0.05, 0.1) is 17.7 Å². The minimum atomic E-state index is -5.07. The quantitative estimate of drug-likeness (QED) is 0.435. The van der Waals surface area contributed by atoms with E-state index in [-0.39, 0.29) is 22.2 Å². The zero-order valence-corrected chi connectivity index (χ0v) is 17.4. The van der Waals surface area contributed by atoms with E-state index in [9.17, 15) is 44.6 Å². The molecule has 2 rings (SSSR count). The van der Waals surface area contributed by atoms with Crippen molar-refractivity contribution in [2.75, 3.05) is 18.0 Å². The number of alkyl halides is 9. The monoisotopic (exact) mass is 525 g/mol. The lowest BCUT2D eigenvalue weighted by Crippen LogP contribution is -2.42. The molecule has 0 aromatic heterocycles. The summed E-state index contributed by atoms with van der Waals surface area (Å²) < 4.78 is 117. The van der Waals surface area contributed by atoms with Crippen molar-refractivity contribution in [3.05, 3.63) is 51.5 Å². The summed E-state index contributed by atoms with van der Waals surface area (Å²) in [6, 6.07) is 2.66. The molecule has 0 bridgehead atoms. The Morgan fingerprint density at radius 3 is 2.19 bits per heavy atom. The second-order valence-corrected chi connectivity index (χ2v) is 7.97. The predicted molar refractivity (Wildman–Crippen MR) is 99.4 cm³/mol. The van der Waals surface area contributed by atoms with Gasteiger partial charge in [-0.05, 0) is 42.2 Å². The topological polar surface area (TPSA) is 23.5 Å². The van der Waals surface area contributed by atoms with Crippen LogP contribution in [0, 0.1) is 5.92 Å². The normalized spacial score (nSPS) is 19.0. The molecule has 2 atom stereocenters. The first-order valence-electron chi connectivity index (χ1n) is 8.84. The van der Waals surface area contributed by atoms with Crippen LogP contribution >= 0.6 is 15.9 Å². The predicted octanol–water partition coefficient (Wildman–Crippen LogP) is 6.65. The molecule has 1 aromatic rings. The molecule has 1 aromatic carbocycles. The second-order valence-electron chi connectivity index (χ2n) is 7.11. The van der Waals surface area contributed by atoms with Crippen LogP contribution in [-0.2, 0) is 6.18 Å². The van der Waals surface area contributed by atoms with Crippen LogP contribution in [0.15, 0.2) is 46.0 Å². The third kappa shape index (κ3) is 6.64. The summed E-state index contributed by atoms with van der Waals surface area (Å²) in [5.41, 5.74) is -2.39. The van der Waals surface area contributed by atoms with E-state index in [0.29, 0.717) is 6.07 Å². The molecule has 2 nitrogen and oxygen atoms in total. The molecule has 1 aliphatic carbocycles. The molecule has 0 amide bonds. The van der Waals surface area contributed by atoms with Gasteiger partial charge >= 0.3 is 18.5 Å². The third-order valence-corrected chi connectivity index (χ3v) is 5.45. The number of anilines is 1. The number of benzene rings is 1. The van der Waals surface area contributed by atoms with Crippen LogP contribution in [0.1, 0.15) is 18.9 Å². The van der Waals surface area contributed by atoms with Gasteiger partial charge in [0, 0.05) is 16.7 Å². The Morgan fingerprint density at radius 2 is 1.68 bits per heavy atom. The van der Waals surface area contributed by atoms with Crippen LogP contribution < -0.4 is 4.90 Å². The van der Waals surface area contributed by atoms with E-state index in [0.717, 1.165) is 29.2 Å². The van der Waals surface area contributed by atoms with Crippen LogP contribution in [-0.4, -0.2) is 36.7 Å². The van der Waals surface area contributed by atoms with E-state index in [1.54, 1.807) is 6.92 Å². The van der Waals surface area contributed by atoms with Crippen LogP contribution in [0.5, 0.6) is 0 Å². The summed E-state index contributed by atoms with van der Waals surface area (Å²) in [5, 5.41) is 9.47. The first-order chi connectivity index (χ1) is 14.0. The van der Waals surface area contributed by atoms with Crippen molar-refractivity contribution in [2.45, 2.75) is 38.0 Å². The Balaban J connectivity index is 2.47. The van der Waals surface area contributed by atoms with Gasteiger partial charge in [-0.3, -0.25) is 0 Å². The minimum absolute atomic E-state index is 0.0372. The summed E-state index contributed by atoms with van der Waals surface area (Å²) in [7, 11) is 0. The van der Waals surface area contributed by atoms with Gasteiger partial charge in [0.25, 0.3) is 0 Å². The van der Waals surface area contributed by atoms with Crippen LogP contribution in [0.3, 0.4) is 0 Å². The zero-order valence-electron chi connectivity index (χ0n) is 15.8. The minimum Gasteiger partial charge on any atom is -0.382 e. The van der Waals surface area contributed by atoms with Gasteiger partial charge in [0.15, 0.2) is 6.10 Å². The molecule has 1 aliphatic rings. The zero-order chi connectivity index (χ0) is 23.8. The molecule has 12 heteroatoms. The number of hydrogen-bond donors (Lipinski definition) is 1. The van der Waals surface area contributed by atoms with Crippen LogP contribution in [0.25, 0.3) is 0 Å². The second kappa shape index (κ2) is 9.05. The maximum Gasteiger partial charge on any atom is 0.417 e. The Kier molecular flexibility index (Phi) is 7.46. The molecule has 0 radical (unpaired) electrons. The van der Waals surface area contributed by atoms with Gasteiger partial charge in [0.2, 0.25) is 0 Å². The fourth-order valence-electron chi connectivity index (χ4n) is 2.98. The van der Waals surface area contributed by atoms with Crippen LogP contribution in [0.2, 0.25) is 0 Å². The molecular formula is C19H17BrF9NO. The summed E-state index contributed by atoms with van der Waals surface area (Å²) >= 11 is 2.72. The molecule has 0 spiro atoms. The van der Waals surface area contributed by atoms with E-state index in [1.807, 2.05) is 0 Å². The maximum absolute atomic E-state index is 13.2. The number of hydrogen-bond acceptors (Lipinski definition) is 2. The average molecular weight is 526 g/mol. The molecule has 0 saturated heterocycles. The number of nitrogens with zero attached hydrogens (tertiary/aromatic N) is 1. The molecule has 0 fully saturated rings. The number of aliphatic hydroxyl groups is 1. The third-order valence-electron chi connectivity index (χ3n) is 4.76. The average Bonchev–Trinajstić information content (AvgIpc) is 2.60. The lowest BCUT2D eigenvalue weighted by molar-refractivity contribution is -0.200. The lowest BCUT2D eigenvalue weighted by Gasteiger charge is -2.32. The van der Waals surface area contributed by atoms with Crippen molar-refractivity contribution < 1.29 is 44.6 Å². The number of allylic oxidation sites excluding steroid dienone is 3. The first-order valence-corrected chi connectivity index (χ1v) is 9.63. The Hall–Kier alpha value is -1.69. The lowest BCUT2D eigenvalue weighted by atomic mass is 9.89. The fraction of sp³-hybridized carbons (Fsp3) is 0.474.